The second kappa shape index (κ2) is 24.5. The molecule has 16 nitrogen and oxygen atoms in total. The third-order valence-electron chi connectivity index (χ3n) is 11.3. The SMILES string of the molecule is COCCCOc1cc(C[C@@H](C[C@H]2[C@H](C[C@H](C(=O)NCC(C)(C)C(N)=O)C(C)C)OC(OC(=O)[C@@H](NC(=O)OCc3ccccc3)C(C)C)N2C(=O)OC)C(C)C)ccc1OC. The van der Waals surface area contributed by atoms with Gasteiger partial charge in [0.15, 0.2) is 11.5 Å². The summed E-state index contributed by atoms with van der Waals surface area (Å²) < 4.78 is 40.0. The summed E-state index contributed by atoms with van der Waals surface area (Å²) in [5.41, 5.74) is 6.32. The van der Waals surface area contributed by atoms with Gasteiger partial charge in [-0.15, -0.1) is 0 Å². The van der Waals surface area contributed by atoms with Crippen molar-refractivity contribution in [2.24, 2.45) is 40.7 Å². The quantitative estimate of drug-likeness (QED) is 0.0612. The third kappa shape index (κ3) is 15.1. The molecule has 1 aliphatic rings. The monoisotopic (exact) mass is 870 g/mol. The Hall–Kier alpha value is -5.09. The molecule has 1 heterocycles. The molecule has 16 heteroatoms. The van der Waals surface area contributed by atoms with Crippen molar-refractivity contribution < 1.29 is 57.1 Å². The first-order valence-electron chi connectivity index (χ1n) is 21.4. The summed E-state index contributed by atoms with van der Waals surface area (Å²) in [4.78, 5) is 68.0. The summed E-state index contributed by atoms with van der Waals surface area (Å²) in [6.07, 6.45) is -2.28. The van der Waals surface area contributed by atoms with Crippen molar-refractivity contribution in [1.82, 2.24) is 15.5 Å². The van der Waals surface area contributed by atoms with Crippen LogP contribution in [0.4, 0.5) is 9.59 Å². The van der Waals surface area contributed by atoms with Gasteiger partial charge in [0.25, 0.3) is 6.41 Å². The number of nitrogens with one attached hydrogen (secondary N) is 2. The topological polar surface area (TPSA) is 203 Å². The Kier molecular flexibility index (Phi) is 20.3. The molecule has 346 valence electrons. The van der Waals surface area contributed by atoms with E-state index in [1.807, 2.05) is 50.2 Å². The number of esters is 1. The summed E-state index contributed by atoms with van der Waals surface area (Å²) in [5.74, 6) is -1.86. The Labute approximate surface area is 367 Å². The summed E-state index contributed by atoms with van der Waals surface area (Å²) in [5, 5.41) is 5.50. The van der Waals surface area contributed by atoms with Gasteiger partial charge in [0, 0.05) is 32.6 Å². The summed E-state index contributed by atoms with van der Waals surface area (Å²) in [6, 6.07) is 13.0. The normalized spacial score (nSPS) is 17.9. The summed E-state index contributed by atoms with van der Waals surface area (Å²) in [7, 11) is 4.44. The molecule has 3 rings (SSSR count). The Balaban J connectivity index is 1.99. The first kappa shape index (κ1) is 51.3. The summed E-state index contributed by atoms with van der Waals surface area (Å²) >= 11 is 0. The van der Waals surface area contributed by atoms with E-state index in [-0.39, 0.29) is 43.2 Å². The van der Waals surface area contributed by atoms with Gasteiger partial charge in [-0.3, -0.25) is 9.59 Å². The van der Waals surface area contributed by atoms with Gasteiger partial charge >= 0.3 is 18.2 Å². The number of carbonyl (C=O) groups is 5. The number of nitrogens with two attached hydrogens (primary N) is 1. The molecule has 4 amide bonds. The lowest BCUT2D eigenvalue weighted by Crippen LogP contribution is -2.50. The molecule has 0 bridgehead atoms. The van der Waals surface area contributed by atoms with E-state index < -0.39 is 65.9 Å². The molecule has 6 atom stereocenters. The van der Waals surface area contributed by atoms with E-state index in [9.17, 15) is 24.0 Å². The van der Waals surface area contributed by atoms with Crippen LogP contribution in [-0.2, 0) is 51.1 Å². The van der Waals surface area contributed by atoms with Crippen LogP contribution in [0.25, 0.3) is 0 Å². The van der Waals surface area contributed by atoms with Crippen LogP contribution in [0.15, 0.2) is 48.5 Å². The van der Waals surface area contributed by atoms with Crippen molar-refractivity contribution in [2.75, 3.05) is 41.1 Å². The maximum atomic E-state index is 14.0. The van der Waals surface area contributed by atoms with E-state index in [1.54, 1.807) is 54.0 Å². The van der Waals surface area contributed by atoms with Crippen molar-refractivity contribution in [1.29, 1.82) is 0 Å². The minimum atomic E-state index is -1.57. The number of methoxy groups -OCH3 is 3. The highest BCUT2D eigenvalue weighted by atomic mass is 16.7. The Bertz CT molecular complexity index is 1750. The molecule has 1 fully saturated rings. The second-order valence-corrected chi connectivity index (χ2v) is 17.5. The highest BCUT2D eigenvalue weighted by Crippen LogP contribution is 2.38. The minimum absolute atomic E-state index is 0.0145. The number of carbonyl (C=O) groups excluding carboxylic acids is 5. The van der Waals surface area contributed by atoms with Gasteiger partial charge in [-0.25, -0.2) is 19.3 Å². The molecular weight excluding hydrogens is 801 g/mol. The van der Waals surface area contributed by atoms with Crippen LogP contribution in [0.2, 0.25) is 0 Å². The Morgan fingerprint density at radius 2 is 1.55 bits per heavy atom. The standard InChI is InChI=1S/C46H70N4O12/c1-28(2)33(22-32-18-19-36(57-10)38(23-32)59-21-15-20-56-9)24-35-37(25-34(29(3)4)40(51)48-27-46(7,8)42(47)53)61-45(50(35)44(55)58-11)62-41(52)39(30(5)6)49-43(54)60-26-31-16-13-12-14-17-31/h12-14,16-19,23,28-30,33-35,37,39,45H,15,20-22,24-27H2,1-11H3,(H2,47,53)(H,48,51)(H,49,54)/t33-,34-,35-,37-,39-,45?/m0/s1. The molecular formula is C46H70N4O12. The maximum Gasteiger partial charge on any atom is 0.414 e. The third-order valence-corrected chi connectivity index (χ3v) is 11.3. The van der Waals surface area contributed by atoms with E-state index in [1.165, 1.54) is 12.0 Å². The number of ether oxygens (including phenoxy) is 7. The molecule has 1 saturated heterocycles. The van der Waals surface area contributed by atoms with Crippen LogP contribution in [0.3, 0.4) is 0 Å². The highest BCUT2D eigenvalue weighted by molar-refractivity contribution is 5.83. The molecule has 0 spiro atoms. The predicted molar refractivity (Wildman–Crippen MR) is 232 cm³/mol. The zero-order valence-electron chi connectivity index (χ0n) is 38.4. The number of nitrogens with zero attached hydrogens (tertiary/aromatic N) is 1. The zero-order valence-corrected chi connectivity index (χ0v) is 38.4. The van der Waals surface area contributed by atoms with Crippen LogP contribution in [-0.4, -0.2) is 101 Å². The smallest absolute Gasteiger partial charge is 0.414 e. The van der Waals surface area contributed by atoms with Crippen LogP contribution in [0, 0.1) is 35.0 Å². The molecule has 1 aliphatic heterocycles. The highest BCUT2D eigenvalue weighted by Gasteiger charge is 2.50. The molecule has 0 saturated carbocycles. The lowest BCUT2D eigenvalue weighted by Gasteiger charge is -2.33. The lowest BCUT2D eigenvalue weighted by atomic mass is 9.80. The van der Waals surface area contributed by atoms with Gasteiger partial charge in [-0.05, 0) is 80.0 Å². The van der Waals surface area contributed by atoms with Gasteiger partial charge in [0.1, 0.15) is 12.6 Å². The van der Waals surface area contributed by atoms with Gasteiger partial charge in [0.05, 0.1) is 38.4 Å². The van der Waals surface area contributed by atoms with E-state index in [0.29, 0.717) is 44.0 Å². The van der Waals surface area contributed by atoms with Crippen LogP contribution in [0.5, 0.6) is 11.5 Å². The van der Waals surface area contributed by atoms with E-state index in [4.69, 9.17) is 38.9 Å². The van der Waals surface area contributed by atoms with Gasteiger partial charge in [-0.2, -0.15) is 0 Å². The Morgan fingerprint density at radius 3 is 2.13 bits per heavy atom. The van der Waals surface area contributed by atoms with Gasteiger partial charge < -0.3 is 49.5 Å². The van der Waals surface area contributed by atoms with Crippen LogP contribution >= 0.6 is 0 Å². The second-order valence-electron chi connectivity index (χ2n) is 17.5. The number of hydrogen-bond donors (Lipinski definition) is 3. The first-order chi connectivity index (χ1) is 29.3. The van der Waals surface area contributed by atoms with Gasteiger partial charge in [-0.1, -0.05) is 77.9 Å². The fourth-order valence-corrected chi connectivity index (χ4v) is 7.10. The number of hydrogen-bond acceptors (Lipinski definition) is 12. The average Bonchev–Trinajstić information content (AvgIpc) is 3.56. The van der Waals surface area contributed by atoms with Crippen LogP contribution < -0.4 is 25.8 Å². The van der Waals surface area contributed by atoms with Crippen molar-refractivity contribution in [3.05, 3.63) is 59.7 Å². The minimum Gasteiger partial charge on any atom is -0.493 e. The number of alkyl carbamates (subject to hydrolysis) is 1. The van der Waals surface area contributed by atoms with E-state index in [2.05, 4.69) is 24.5 Å². The van der Waals surface area contributed by atoms with Crippen molar-refractivity contribution in [2.45, 2.75) is 112 Å². The van der Waals surface area contributed by atoms with E-state index in [0.717, 1.165) is 11.1 Å². The molecule has 62 heavy (non-hydrogen) atoms. The molecule has 4 N–H and O–H groups in total. The number of rotatable bonds is 24. The molecule has 2 aromatic rings. The summed E-state index contributed by atoms with van der Waals surface area (Å²) in [6.45, 7) is 15.7. The molecule has 0 radical (unpaired) electrons. The van der Waals surface area contributed by atoms with Gasteiger partial charge in [0.2, 0.25) is 11.8 Å². The average molecular weight is 871 g/mol. The van der Waals surface area contributed by atoms with Crippen molar-refractivity contribution in [3.63, 3.8) is 0 Å². The molecule has 0 aliphatic carbocycles. The predicted octanol–water partition coefficient (Wildman–Crippen LogP) is 6.22. The fraction of sp³-hybridized carbons (Fsp3) is 0.630. The zero-order chi connectivity index (χ0) is 46.1. The molecule has 1 unspecified atom stereocenters. The van der Waals surface area contributed by atoms with E-state index >= 15 is 0 Å². The lowest BCUT2D eigenvalue weighted by molar-refractivity contribution is -0.199. The molecule has 2 aromatic carbocycles. The van der Waals surface area contributed by atoms with Crippen molar-refractivity contribution in [3.8, 4) is 11.5 Å². The Morgan fingerprint density at radius 1 is 0.855 bits per heavy atom. The first-order valence-corrected chi connectivity index (χ1v) is 21.4. The fourth-order valence-electron chi connectivity index (χ4n) is 7.10. The largest absolute Gasteiger partial charge is 0.493 e. The number of benzene rings is 2. The van der Waals surface area contributed by atoms with Crippen molar-refractivity contribution >= 4 is 30.0 Å². The maximum absolute atomic E-state index is 14.0. The van der Waals surface area contributed by atoms with Crippen LogP contribution in [0.1, 0.15) is 85.8 Å². The number of primary amides is 1. The number of amides is 4. The molecule has 0 aromatic heterocycles.